The predicted molar refractivity (Wildman–Crippen MR) is 111 cm³/mol. The third-order valence-electron chi connectivity index (χ3n) is 4.79. The van der Waals surface area contributed by atoms with Gasteiger partial charge in [-0.05, 0) is 48.9 Å². The van der Waals surface area contributed by atoms with Crippen LogP contribution < -0.4 is 10.2 Å². The Kier molecular flexibility index (Phi) is 4.96. The van der Waals surface area contributed by atoms with Gasteiger partial charge in [-0.15, -0.1) is 0 Å². The van der Waals surface area contributed by atoms with Crippen LogP contribution in [0.4, 0.5) is 10.5 Å². The lowest BCUT2D eigenvalue weighted by atomic mass is 10.1. The minimum absolute atomic E-state index is 0.142. The molecule has 8 heteroatoms. The number of nitrogens with one attached hydrogen (secondary N) is 1. The maximum atomic E-state index is 13.0. The lowest BCUT2D eigenvalue weighted by Gasteiger charge is -2.27. The minimum Gasteiger partial charge on any atom is -0.478 e. The van der Waals surface area contributed by atoms with E-state index in [9.17, 15) is 19.2 Å². The SMILES string of the molecule is Cc1ccccc1N1C(=O)NC(=O)/C(=C\c2ccc(-c3ccc(C(=O)O)cc3)o2)C1=O. The largest absolute Gasteiger partial charge is 0.478 e. The van der Waals surface area contributed by atoms with Crippen molar-refractivity contribution in [3.63, 3.8) is 0 Å². The van der Waals surface area contributed by atoms with E-state index in [1.54, 1.807) is 55.5 Å². The topological polar surface area (TPSA) is 117 Å². The Morgan fingerprint density at radius 3 is 2.39 bits per heavy atom. The number of para-hydroxylation sites is 1. The molecule has 1 fully saturated rings. The molecule has 0 bridgehead atoms. The summed E-state index contributed by atoms with van der Waals surface area (Å²) in [7, 11) is 0. The van der Waals surface area contributed by atoms with Crippen molar-refractivity contribution in [3.8, 4) is 11.3 Å². The number of barbiturate groups is 1. The van der Waals surface area contributed by atoms with E-state index in [4.69, 9.17) is 9.52 Å². The normalized spacial score (nSPS) is 15.3. The van der Waals surface area contributed by atoms with Crippen molar-refractivity contribution in [2.75, 3.05) is 4.90 Å². The number of benzene rings is 2. The van der Waals surface area contributed by atoms with Crippen molar-refractivity contribution in [1.82, 2.24) is 5.32 Å². The lowest BCUT2D eigenvalue weighted by molar-refractivity contribution is -0.122. The highest BCUT2D eigenvalue weighted by Crippen LogP contribution is 2.27. The van der Waals surface area contributed by atoms with Gasteiger partial charge in [0.15, 0.2) is 0 Å². The van der Waals surface area contributed by atoms with E-state index in [0.717, 1.165) is 4.90 Å². The standard InChI is InChI=1S/C23H16N2O6/c1-13-4-2-3-5-18(13)25-21(27)17(20(26)24-23(25)30)12-16-10-11-19(31-16)14-6-8-15(9-7-14)22(28)29/h2-12H,1H3,(H,28,29)(H,24,26,30)/b17-12+. The summed E-state index contributed by atoms with van der Waals surface area (Å²) in [5, 5.41) is 11.2. The molecule has 2 heterocycles. The second kappa shape index (κ2) is 7.75. The first-order valence-electron chi connectivity index (χ1n) is 9.26. The molecular formula is C23H16N2O6. The Bertz CT molecular complexity index is 1250. The van der Waals surface area contributed by atoms with Gasteiger partial charge in [0.2, 0.25) is 0 Å². The molecule has 0 radical (unpaired) electrons. The summed E-state index contributed by atoms with van der Waals surface area (Å²) in [6, 6.07) is 15.3. The van der Waals surface area contributed by atoms with E-state index in [0.29, 0.717) is 22.6 Å². The van der Waals surface area contributed by atoms with Crippen LogP contribution in [0.2, 0.25) is 0 Å². The van der Waals surface area contributed by atoms with Crippen LogP contribution in [-0.4, -0.2) is 28.9 Å². The molecule has 154 valence electrons. The van der Waals surface area contributed by atoms with Crippen LogP contribution in [0.5, 0.6) is 0 Å². The molecule has 1 saturated heterocycles. The predicted octanol–water partition coefficient (Wildman–Crippen LogP) is 3.62. The van der Waals surface area contributed by atoms with Crippen LogP contribution in [0.15, 0.2) is 70.7 Å². The summed E-state index contributed by atoms with van der Waals surface area (Å²) in [5.41, 5.74) is 1.60. The Labute approximate surface area is 176 Å². The summed E-state index contributed by atoms with van der Waals surface area (Å²) in [4.78, 5) is 49.5. The zero-order valence-electron chi connectivity index (χ0n) is 16.3. The average molecular weight is 416 g/mol. The van der Waals surface area contributed by atoms with Gasteiger partial charge in [-0.25, -0.2) is 14.5 Å². The van der Waals surface area contributed by atoms with Crippen molar-refractivity contribution < 1.29 is 28.7 Å². The number of aromatic carboxylic acids is 1. The van der Waals surface area contributed by atoms with E-state index in [1.807, 2.05) is 0 Å². The van der Waals surface area contributed by atoms with Gasteiger partial charge in [0, 0.05) is 5.56 Å². The number of carbonyl (C=O) groups excluding carboxylic acids is 3. The van der Waals surface area contributed by atoms with Crippen LogP contribution in [0, 0.1) is 6.92 Å². The lowest BCUT2D eigenvalue weighted by Crippen LogP contribution is -2.54. The quantitative estimate of drug-likeness (QED) is 0.496. The van der Waals surface area contributed by atoms with Gasteiger partial charge in [-0.3, -0.25) is 14.9 Å². The van der Waals surface area contributed by atoms with Gasteiger partial charge < -0.3 is 9.52 Å². The third kappa shape index (κ3) is 3.74. The molecule has 31 heavy (non-hydrogen) atoms. The highest BCUT2D eigenvalue weighted by Gasteiger charge is 2.37. The maximum Gasteiger partial charge on any atom is 0.335 e. The van der Waals surface area contributed by atoms with E-state index in [-0.39, 0.29) is 16.9 Å². The van der Waals surface area contributed by atoms with Crippen molar-refractivity contribution in [2.24, 2.45) is 0 Å². The monoisotopic (exact) mass is 416 g/mol. The number of rotatable bonds is 4. The summed E-state index contributed by atoms with van der Waals surface area (Å²) < 4.78 is 5.70. The first-order valence-corrected chi connectivity index (χ1v) is 9.26. The van der Waals surface area contributed by atoms with Gasteiger partial charge in [0.05, 0.1) is 11.3 Å². The molecule has 2 aromatic carbocycles. The van der Waals surface area contributed by atoms with Crippen LogP contribution in [0.1, 0.15) is 21.7 Å². The van der Waals surface area contributed by atoms with E-state index in [2.05, 4.69) is 5.32 Å². The number of hydrogen-bond acceptors (Lipinski definition) is 5. The Morgan fingerprint density at radius 2 is 1.71 bits per heavy atom. The number of amides is 4. The molecule has 4 rings (SSSR count). The Morgan fingerprint density at radius 1 is 1.00 bits per heavy atom. The molecule has 0 atom stereocenters. The number of imide groups is 2. The molecule has 1 aliphatic heterocycles. The van der Waals surface area contributed by atoms with E-state index < -0.39 is 23.8 Å². The van der Waals surface area contributed by atoms with Crippen LogP contribution in [-0.2, 0) is 9.59 Å². The summed E-state index contributed by atoms with van der Waals surface area (Å²) in [5.74, 6) is -1.95. The number of aryl methyl sites for hydroxylation is 1. The van der Waals surface area contributed by atoms with Crippen LogP contribution >= 0.6 is 0 Å². The molecule has 4 amide bonds. The van der Waals surface area contributed by atoms with Crippen molar-refractivity contribution >= 4 is 35.6 Å². The fourth-order valence-electron chi connectivity index (χ4n) is 3.20. The molecular weight excluding hydrogens is 400 g/mol. The molecule has 0 spiro atoms. The minimum atomic E-state index is -1.04. The summed E-state index contributed by atoms with van der Waals surface area (Å²) in [6.45, 7) is 1.75. The Hall–Kier alpha value is -4.46. The number of carboxylic acid groups (broad SMARTS) is 1. The summed E-state index contributed by atoms with van der Waals surface area (Å²) in [6.07, 6.45) is 1.27. The third-order valence-corrected chi connectivity index (χ3v) is 4.79. The van der Waals surface area contributed by atoms with Gasteiger partial charge >= 0.3 is 12.0 Å². The van der Waals surface area contributed by atoms with Gasteiger partial charge in [0.1, 0.15) is 17.1 Å². The molecule has 1 aromatic heterocycles. The van der Waals surface area contributed by atoms with Gasteiger partial charge in [0.25, 0.3) is 11.8 Å². The number of carbonyl (C=O) groups is 4. The number of nitrogens with zero attached hydrogens (tertiary/aromatic N) is 1. The van der Waals surface area contributed by atoms with Gasteiger partial charge in [-0.1, -0.05) is 30.3 Å². The van der Waals surface area contributed by atoms with Crippen molar-refractivity contribution in [1.29, 1.82) is 0 Å². The highest BCUT2D eigenvalue weighted by atomic mass is 16.4. The van der Waals surface area contributed by atoms with Crippen molar-refractivity contribution in [2.45, 2.75) is 6.92 Å². The second-order valence-electron chi connectivity index (χ2n) is 6.83. The second-order valence-corrected chi connectivity index (χ2v) is 6.83. The molecule has 0 saturated carbocycles. The molecule has 8 nitrogen and oxygen atoms in total. The van der Waals surface area contributed by atoms with E-state index >= 15 is 0 Å². The van der Waals surface area contributed by atoms with Crippen LogP contribution in [0.3, 0.4) is 0 Å². The van der Waals surface area contributed by atoms with Crippen molar-refractivity contribution in [3.05, 3.63) is 83.1 Å². The zero-order chi connectivity index (χ0) is 22.1. The average Bonchev–Trinajstić information content (AvgIpc) is 3.21. The number of carboxylic acids is 1. The smallest absolute Gasteiger partial charge is 0.335 e. The number of urea groups is 1. The molecule has 3 aromatic rings. The number of anilines is 1. The molecule has 2 N–H and O–H groups in total. The van der Waals surface area contributed by atoms with E-state index in [1.165, 1.54) is 18.2 Å². The molecule has 1 aliphatic rings. The molecule has 0 aliphatic carbocycles. The van der Waals surface area contributed by atoms with Gasteiger partial charge in [-0.2, -0.15) is 0 Å². The fourth-order valence-corrected chi connectivity index (χ4v) is 3.20. The highest BCUT2D eigenvalue weighted by molar-refractivity contribution is 6.39. The zero-order valence-corrected chi connectivity index (χ0v) is 16.3. The Balaban J connectivity index is 1.65. The summed E-state index contributed by atoms with van der Waals surface area (Å²) >= 11 is 0. The maximum absolute atomic E-state index is 13.0. The fraction of sp³-hybridized carbons (Fsp3) is 0.0435. The van der Waals surface area contributed by atoms with Crippen LogP contribution in [0.25, 0.3) is 17.4 Å². The first-order chi connectivity index (χ1) is 14.8. The first kappa shape index (κ1) is 19.8. The number of hydrogen-bond donors (Lipinski definition) is 2. The number of furan rings is 1. The molecule has 0 unspecified atom stereocenters.